The van der Waals surface area contributed by atoms with Crippen LogP contribution in [0.5, 0.6) is 0 Å². The van der Waals surface area contributed by atoms with Crippen LogP contribution in [0.2, 0.25) is 0 Å². The van der Waals surface area contributed by atoms with Crippen molar-refractivity contribution in [2.75, 3.05) is 0 Å². The number of benzene rings is 1. The first kappa shape index (κ1) is 12.2. The van der Waals surface area contributed by atoms with E-state index >= 15 is 0 Å². The summed E-state index contributed by atoms with van der Waals surface area (Å²) in [4.78, 5) is 0.782. The zero-order chi connectivity index (χ0) is 11.7. The molecular formula is C11H7Br2FOS. The van der Waals surface area contributed by atoms with Crippen molar-refractivity contribution in [2.45, 2.75) is 6.10 Å². The third kappa shape index (κ3) is 2.71. The van der Waals surface area contributed by atoms with Gasteiger partial charge in [-0.3, -0.25) is 0 Å². The van der Waals surface area contributed by atoms with Gasteiger partial charge >= 0.3 is 0 Å². The molecule has 1 heterocycles. The third-order valence-electron chi connectivity index (χ3n) is 2.06. The van der Waals surface area contributed by atoms with E-state index in [1.807, 2.05) is 12.1 Å². The average Bonchev–Trinajstić information content (AvgIpc) is 2.62. The minimum atomic E-state index is -0.789. The molecule has 1 aromatic carbocycles. The minimum absolute atomic E-state index is 0.362. The van der Waals surface area contributed by atoms with Crippen molar-refractivity contribution >= 4 is 43.2 Å². The molecule has 1 N–H and O–H groups in total. The van der Waals surface area contributed by atoms with Crippen LogP contribution in [0.15, 0.2) is 38.6 Å². The van der Waals surface area contributed by atoms with Crippen molar-refractivity contribution in [3.63, 3.8) is 0 Å². The molecule has 0 aliphatic heterocycles. The van der Waals surface area contributed by atoms with Crippen molar-refractivity contribution in [3.05, 3.63) is 54.8 Å². The molecule has 0 aliphatic carbocycles. The molecule has 1 unspecified atom stereocenters. The van der Waals surface area contributed by atoms with Crippen molar-refractivity contribution in [2.24, 2.45) is 0 Å². The standard InChI is InChI=1S/C11H7Br2FOS/c12-7-3-6(4-8(14)5-7)11(15)9-1-2-10(13)16-9/h1-5,11,15H. The molecule has 1 atom stereocenters. The second-order valence-electron chi connectivity index (χ2n) is 3.25. The van der Waals surface area contributed by atoms with Gasteiger partial charge in [0, 0.05) is 9.35 Å². The van der Waals surface area contributed by atoms with Crippen LogP contribution in [0, 0.1) is 5.82 Å². The summed E-state index contributed by atoms with van der Waals surface area (Å²) in [7, 11) is 0. The molecule has 1 nitrogen and oxygen atoms in total. The lowest BCUT2D eigenvalue weighted by Gasteiger charge is -2.09. The summed E-state index contributed by atoms with van der Waals surface area (Å²) < 4.78 is 14.7. The summed E-state index contributed by atoms with van der Waals surface area (Å²) in [6, 6.07) is 8.08. The maximum atomic E-state index is 13.2. The van der Waals surface area contributed by atoms with Gasteiger partial charge in [-0.1, -0.05) is 15.9 Å². The van der Waals surface area contributed by atoms with E-state index in [0.29, 0.717) is 10.0 Å². The molecule has 16 heavy (non-hydrogen) atoms. The Morgan fingerprint density at radius 3 is 2.50 bits per heavy atom. The smallest absolute Gasteiger partial charge is 0.124 e. The first-order valence-electron chi connectivity index (χ1n) is 4.45. The molecule has 0 radical (unpaired) electrons. The average molecular weight is 366 g/mol. The fourth-order valence-corrected chi connectivity index (χ4v) is 3.29. The van der Waals surface area contributed by atoms with Crippen LogP contribution in [0.4, 0.5) is 4.39 Å². The molecular weight excluding hydrogens is 359 g/mol. The zero-order valence-corrected chi connectivity index (χ0v) is 11.9. The van der Waals surface area contributed by atoms with Crippen molar-refractivity contribution < 1.29 is 9.50 Å². The number of hydrogen-bond donors (Lipinski definition) is 1. The van der Waals surface area contributed by atoms with Gasteiger partial charge < -0.3 is 5.11 Å². The van der Waals surface area contributed by atoms with E-state index < -0.39 is 6.10 Å². The molecule has 0 saturated heterocycles. The van der Waals surface area contributed by atoms with Gasteiger partial charge in [0.2, 0.25) is 0 Å². The number of halogens is 3. The lowest BCUT2D eigenvalue weighted by atomic mass is 10.1. The van der Waals surface area contributed by atoms with E-state index in [9.17, 15) is 9.50 Å². The number of thiophene rings is 1. The van der Waals surface area contributed by atoms with Crippen molar-refractivity contribution in [3.8, 4) is 0 Å². The summed E-state index contributed by atoms with van der Waals surface area (Å²) in [6.45, 7) is 0. The van der Waals surface area contributed by atoms with Crippen LogP contribution in [-0.2, 0) is 0 Å². The maximum absolute atomic E-state index is 13.2. The van der Waals surface area contributed by atoms with Crippen LogP contribution >= 0.6 is 43.2 Å². The van der Waals surface area contributed by atoms with Crippen molar-refractivity contribution in [1.29, 1.82) is 0 Å². The minimum Gasteiger partial charge on any atom is -0.383 e. The number of aliphatic hydroxyl groups excluding tert-OH is 1. The summed E-state index contributed by atoms with van der Waals surface area (Å²) in [6.07, 6.45) is -0.789. The lowest BCUT2D eigenvalue weighted by molar-refractivity contribution is 0.223. The Kier molecular flexibility index (Phi) is 3.79. The molecule has 1 aromatic heterocycles. The van der Waals surface area contributed by atoms with Gasteiger partial charge in [-0.05, 0) is 51.8 Å². The topological polar surface area (TPSA) is 20.2 Å². The van der Waals surface area contributed by atoms with E-state index in [0.717, 1.165) is 8.66 Å². The molecule has 84 valence electrons. The fraction of sp³-hybridized carbons (Fsp3) is 0.0909. The van der Waals surface area contributed by atoms with Gasteiger partial charge in [0.25, 0.3) is 0 Å². The van der Waals surface area contributed by atoms with E-state index in [2.05, 4.69) is 31.9 Å². The number of hydrogen-bond acceptors (Lipinski definition) is 2. The molecule has 0 amide bonds. The Hall–Kier alpha value is -0.230. The Bertz CT molecular complexity index is 492. The summed E-state index contributed by atoms with van der Waals surface area (Å²) in [5, 5.41) is 10.1. The van der Waals surface area contributed by atoms with Gasteiger partial charge in [-0.15, -0.1) is 11.3 Å². The number of aliphatic hydroxyl groups is 1. The zero-order valence-electron chi connectivity index (χ0n) is 7.95. The highest BCUT2D eigenvalue weighted by molar-refractivity contribution is 9.11. The second kappa shape index (κ2) is 4.96. The maximum Gasteiger partial charge on any atom is 0.124 e. The van der Waals surface area contributed by atoms with Crippen LogP contribution in [0.25, 0.3) is 0 Å². The highest BCUT2D eigenvalue weighted by Crippen LogP contribution is 2.32. The molecule has 5 heteroatoms. The van der Waals surface area contributed by atoms with E-state index in [4.69, 9.17) is 0 Å². The first-order chi connectivity index (χ1) is 7.56. The van der Waals surface area contributed by atoms with E-state index in [-0.39, 0.29) is 5.82 Å². The lowest BCUT2D eigenvalue weighted by Crippen LogP contribution is -1.97. The number of rotatable bonds is 2. The molecule has 0 aliphatic rings. The van der Waals surface area contributed by atoms with Crippen LogP contribution < -0.4 is 0 Å². The van der Waals surface area contributed by atoms with Crippen LogP contribution in [0.3, 0.4) is 0 Å². The Labute approximate surface area is 113 Å². The molecule has 2 aromatic rings. The predicted molar refractivity (Wildman–Crippen MR) is 70.2 cm³/mol. The van der Waals surface area contributed by atoms with Gasteiger partial charge in [0.15, 0.2) is 0 Å². The van der Waals surface area contributed by atoms with Gasteiger partial charge in [0.1, 0.15) is 11.9 Å². The highest BCUT2D eigenvalue weighted by Gasteiger charge is 2.14. The first-order valence-corrected chi connectivity index (χ1v) is 6.86. The monoisotopic (exact) mass is 364 g/mol. The Morgan fingerprint density at radius 1 is 1.19 bits per heavy atom. The fourth-order valence-electron chi connectivity index (χ4n) is 1.37. The van der Waals surface area contributed by atoms with Crippen LogP contribution in [-0.4, -0.2) is 5.11 Å². The quantitative estimate of drug-likeness (QED) is 0.831. The van der Waals surface area contributed by atoms with E-state index in [1.165, 1.54) is 23.5 Å². The Morgan fingerprint density at radius 2 is 1.94 bits per heavy atom. The SMILES string of the molecule is OC(c1cc(F)cc(Br)c1)c1ccc(Br)s1. The van der Waals surface area contributed by atoms with E-state index in [1.54, 1.807) is 6.07 Å². The normalized spacial score (nSPS) is 12.8. The second-order valence-corrected chi connectivity index (χ2v) is 6.66. The van der Waals surface area contributed by atoms with Gasteiger partial charge in [-0.2, -0.15) is 0 Å². The predicted octanol–water partition coefficient (Wildman–Crippen LogP) is 4.49. The molecule has 0 saturated carbocycles. The summed E-state index contributed by atoms with van der Waals surface area (Å²) >= 11 is 7.96. The molecule has 0 spiro atoms. The third-order valence-corrected chi connectivity index (χ3v) is 4.20. The van der Waals surface area contributed by atoms with Gasteiger partial charge in [-0.25, -0.2) is 4.39 Å². The molecule has 0 fully saturated rings. The summed E-state index contributed by atoms with van der Waals surface area (Å²) in [5.74, 6) is -0.362. The molecule has 0 bridgehead atoms. The summed E-state index contributed by atoms with van der Waals surface area (Å²) in [5.41, 5.74) is 0.543. The van der Waals surface area contributed by atoms with Crippen LogP contribution in [0.1, 0.15) is 16.5 Å². The molecule has 2 rings (SSSR count). The Balaban J connectivity index is 2.37. The van der Waals surface area contributed by atoms with Crippen molar-refractivity contribution in [1.82, 2.24) is 0 Å². The van der Waals surface area contributed by atoms with Gasteiger partial charge in [0.05, 0.1) is 3.79 Å². The highest BCUT2D eigenvalue weighted by atomic mass is 79.9. The largest absolute Gasteiger partial charge is 0.383 e.